The second kappa shape index (κ2) is 8.85. The van der Waals surface area contributed by atoms with Gasteiger partial charge in [0.25, 0.3) is 0 Å². The maximum Gasteiger partial charge on any atom is 0.200 e. The van der Waals surface area contributed by atoms with Gasteiger partial charge in [-0.1, -0.05) is 36.9 Å². The van der Waals surface area contributed by atoms with E-state index in [4.69, 9.17) is 16.0 Å². The molecular weight excluding hydrogens is 512 g/mol. The van der Waals surface area contributed by atoms with Crippen molar-refractivity contribution in [2.45, 2.75) is 25.6 Å². The second-order valence-electron chi connectivity index (χ2n) is 7.32. The largest absolute Gasteiger partial charge is 0.463 e. The highest BCUT2D eigenvalue weighted by Crippen LogP contribution is 2.30. The standard InChI is InChI=1S/C22H21FIN5O2/c1-12(24)18-21(25)27-11-28-22(18)29(26)10-17-19(13-5-3-2-4-6-13)20(30)15-9-14(23)7-8-16(15)31-17/h2-6,9,11,18,21H,1,7-8,10,25-26H2/t18-,21?/m1/s1. The van der Waals surface area contributed by atoms with Crippen molar-refractivity contribution in [3.05, 3.63) is 73.6 Å². The topological polar surface area (TPSA) is 110 Å². The Hall–Kier alpha value is -2.63. The highest BCUT2D eigenvalue weighted by molar-refractivity contribution is 14.1. The zero-order chi connectivity index (χ0) is 22.1. The van der Waals surface area contributed by atoms with Crippen LogP contribution in [0.25, 0.3) is 17.2 Å². The predicted octanol–water partition coefficient (Wildman–Crippen LogP) is 3.53. The number of amidine groups is 1. The summed E-state index contributed by atoms with van der Waals surface area (Å²) in [5, 5.41) is 1.40. The van der Waals surface area contributed by atoms with Crippen LogP contribution in [0.3, 0.4) is 0 Å². The minimum absolute atomic E-state index is 0.0682. The minimum atomic E-state index is -0.555. The summed E-state index contributed by atoms with van der Waals surface area (Å²) < 4.78 is 20.8. The van der Waals surface area contributed by atoms with Crippen LogP contribution in [0.15, 0.2) is 65.5 Å². The van der Waals surface area contributed by atoms with Crippen LogP contribution in [0.2, 0.25) is 0 Å². The molecule has 160 valence electrons. The van der Waals surface area contributed by atoms with Crippen molar-refractivity contribution in [1.82, 2.24) is 5.01 Å². The van der Waals surface area contributed by atoms with Crippen molar-refractivity contribution >= 4 is 40.8 Å². The SMILES string of the molecule is C=C(I)[C@H]1C(N(N)Cc2oc3c(c(=O)c2-c2ccccc2)C=C(F)CC3)=NC=NC1N. The normalized spacial score (nSPS) is 20.0. The van der Waals surface area contributed by atoms with E-state index in [-0.39, 0.29) is 35.7 Å². The van der Waals surface area contributed by atoms with Crippen LogP contribution in [-0.2, 0) is 13.0 Å². The van der Waals surface area contributed by atoms with Crippen LogP contribution in [0.1, 0.15) is 23.5 Å². The Balaban J connectivity index is 1.81. The minimum Gasteiger partial charge on any atom is -0.463 e. The molecule has 7 nitrogen and oxygen atoms in total. The monoisotopic (exact) mass is 533 g/mol. The van der Waals surface area contributed by atoms with Crippen LogP contribution < -0.4 is 17.0 Å². The zero-order valence-corrected chi connectivity index (χ0v) is 18.8. The third kappa shape index (κ3) is 4.25. The fourth-order valence-electron chi connectivity index (χ4n) is 3.75. The Morgan fingerprint density at radius 3 is 2.77 bits per heavy atom. The van der Waals surface area contributed by atoms with E-state index in [0.717, 1.165) is 3.58 Å². The second-order valence-corrected chi connectivity index (χ2v) is 8.70. The van der Waals surface area contributed by atoms with Gasteiger partial charge in [-0.25, -0.2) is 15.2 Å². The molecule has 31 heavy (non-hydrogen) atoms. The quantitative estimate of drug-likeness (QED) is 0.355. The molecule has 0 bridgehead atoms. The van der Waals surface area contributed by atoms with E-state index in [9.17, 15) is 9.18 Å². The van der Waals surface area contributed by atoms with Gasteiger partial charge in [-0.2, -0.15) is 0 Å². The maximum absolute atomic E-state index is 13.9. The lowest BCUT2D eigenvalue weighted by molar-refractivity contribution is 0.336. The van der Waals surface area contributed by atoms with E-state index >= 15 is 0 Å². The molecule has 0 radical (unpaired) electrons. The summed E-state index contributed by atoms with van der Waals surface area (Å²) in [6, 6.07) is 9.12. The van der Waals surface area contributed by atoms with Gasteiger partial charge >= 0.3 is 0 Å². The Kier molecular flexibility index (Phi) is 6.17. The molecular formula is C22H21FIN5O2. The molecule has 0 spiro atoms. The molecule has 0 amide bonds. The van der Waals surface area contributed by atoms with E-state index in [1.54, 1.807) is 0 Å². The molecule has 4 rings (SSSR count). The summed E-state index contributed by atoms with van der Waals surface area (Å²) in [5.74, 6) is 6.97. The number of nitrogens with zero attached hydrogens (tertiary/aromatic N) is 3. The first kappa shape index (κ1) is 21.6. The molecule has 2 heterocycles. The Bertz CT molecular complexity index is 1170. The summed E-state index contributed by atoms with van der Waals surface area (Å²) in [6.07, 6.45) is 2.58. The lowest BCUT2D eigenvalue weighted by Gasteiger charge is -2.30. The first-order valence-electron chi connectivity index (χ1n) is 9.68. The number of hydrogen-bond acceptors (Lipinski definition) is 7. The van der Waals surface area contributed by atoms with E-state index in [1.165, 1.54) is 17.4 Å². The van der Waals surface area contributed by atoms with Gasteiger partial charge in [0.05, 0.1) is 23.6 Å². The van der Waals surface area contributed by atoms with Crippen LogP contribution in [0.4, 0.5) is 4.39 Å². The van der Waals surface area contributed by atoms with Crippen molar-refractivity contribution in [3.63, 3.8) is 0 Å². The fourth-order valence-corrected chi connectivity index (χ4v) is 4.39. The van der Waals surface area contributed by atoms with Gasteiger partial charge < -0.3 is 10.2 Å². The summed E-state index contributed by atoms with van der Waals surface area (Å²) in [4.78, 5) is 21.8. The molecule has 1 aliphatic heterocycles. The number of rotatable bonds is 4. The summed E-state index contributed by atoms with van der Waals surface area (Å²) in [6.45, 7) is 4.04. The van der Waals surface area contributed by atoms with Crippen molar-refractivity contribution in [1.29, 1.82) is 0 Å². The lowest BCUT2D eigenvalue weighted by atomic mass is 9.96. The van der Waals surface area contributed by atoms with Gasteiger partial charge in [0.15, 0.2) is 0 Å². The molecule has 9 heteroatoms. The van der Waals surface area contributed by atoms with Crippen LogP contribution in [0, 0.1) is 5.92 Å². The number of aliphatic imine (C=N–C) groups is 2. The molecule has 2 aromatic rings. The number of aryl methyl sites for hydroxylation is 1. The van der Waals surface area contributed by atoms with Crippen molar-refractivity contribution in [2.75, 3.05) is 0 Å². The average molecular weight is 533 g/mol. The van der Waals surface area contributed by atoms with Crippen molar-refractivity contribution < 1.29 is 8.81 Å². The van der Waals surface area contributed by atoms with E-state index in [0.29, 0.717) is 34.9 Å². The van der Waals surface area contributed by atoms with Crippen molar-refractivity contribution in [2.24, 2.45) is 27.5 Å². The molecule has 1 aliphatic carbocycles. The van der Waals surface area contributed by atoms with Crippen LogP contribution in [-0.4, -0.2) is 23.3 Å². The predicted molar refractivity (Wildman–Crippen MR) is 128 cm³/mol. The Morgan fingerprint density at radius 2 is 2.06 bits per heavy atom. The van der Waals surface area contributed by atoms with Crippen LogP contribution >= 0.6 is 22.6 Å². The number of benzene rings is 1. The number of nitrogens with two attached hydrogens (primary N) is 2. The molecule has 1 aromatic carbocycles. The molecule has 0 saturated carbocycles. The van der Waals surface area contributed by atoms with Gasteiger partial charge in [0, 0.05) is 12.8 Å². The maximum atomic E-state index is 13.9. The first-order chi connectivity index (χ1) is 14.9. The summed E-state index contributed by atoms with van der Waals surface area (Å²) in [7, 11) is 0. The van der Waals surface area contributed by atoms with Crippen molar-refractivity contribution in [3.8, 4) is 11.1 Å². The Labute approximate surface area is 192 Å². The lowest BCUT2D eigenvalue weighted by Crippen LogP contribution is -2.48. The van der Waals surface area contributed by atoms with Crippen LogP contribution in [0.5, 0.6) is 0 Å². The zero-order valence-electron chi connectivity index (χ0n) is 16.6. The number of hydrogen-bond donors (Lipinski definition) is 2. The molecule has 1 aromatic heterocycles. The number of halogens is 2. The van der Waals surface area contributed by atoms with Gasteiger partial charge in [-0.05, 0) is 37.8 Å². The van der Waals surface area contributed by atoms with E-state index < -0.39 is 6.17 Å². The van der Waals surface area contributed by atoms with Gasteiger partial charge in [0.2, 0.25) is 5.43 Å². The number of allylic oxidation sites excluding steroid dienone is 1. The fraction of sp³-hybridized carbons (Fsp3) is 0.227. The van der Waals surface area contributed by atoms with Gasteiger partial charge in [0.1, 0.15) is 35.7 Å². The molecule has 1 unspecified atom stereocenters. The highest BCUT2D eigenvalue weighted by Gasteiger charge is 2.31. The number of fused-ring (bicyclic) bond motifs is 1. The molecule has 2 atom stereocenters. The molecule has 0 fully saturated rings. The third-order valence-electron chi connectivity index (χ3n) is 5.25. The molecule has 4 N–H and O–H groups in total. The third-order valence-corrected chi connectivity index (χ3v) is 5.92. The molecule has 2 aliphatic rings. The number of hydrazine groups is 1. The van der Waals surface area contributed by atoms with E-state index in [1.807, 2.05) is 30.3 Å². The van der Waals surface area contributed by atoms with Gasteiger partial charge in [-0.3, -0.25) is 14.8 Å². The Morgan fingerprint density at radius 1 is 1.32 bits per heavy atom. The molecule has 0 saturated heterocycles. The smallest absolute Gasteiger partial charge is 0.200 e. The van der Waals surface area contributed by atoms with E-state index in [2.05, 4.69) is 39.2 Å². The highest BCUT2D eigenvalue weighted by atomic mass is 127. The van der Waals surface area contributed by atoms with Gasteiger partial charge in [-0.15, -0.1) is 0 Å². The average Bonchev–Trinajstić information content (AvgIpc) is 2.74. The summed E-state index contributed by atoms with van der Waals surface area (Å²) in [5.41, 5.74) is 7.08. The summed E-state index contributed by atoms with van der Waals surface area (Å²) >= 11 is 2.08. The first-order valence-corrected chi connectivity index (χ1v) is 10.8.